The van der Waals surface area contributed by atoms with E-state index < -0.39 is 0 Å². The molecule has 0 aromatic carbocycles. The number of aliphatic imine (C=N–C) groups is 1. The van der Waals surface area contributed by atoms with Crippen molar-refractivity contribution in [1.82, 2.24) is 19.7 Å². The monoisotopic (exact) mass is 339 g/mol. The molecule has 2 rings (SSSR count). The van der Waals surface area contributed by atoms with Crippen molar-refractivity contribution in [3.63, 3.8) is 0 Å². The van der Waals surface area contributed by atoms with E-state index in [1.807, 2.05) is 19.3 Å². The van der Waals surface area contributed by atoms with Gasteiger partial charge in [0.1, 0.15) is 0 Å². The van der Waals surface area contributed by atoms with E-state index in [0.717, 1.165) is 36.5 Å². The fourth-order valence-electron chi connectivity index (χ4n) is 2.91. The van der Waals surface area contributed by atoms with Crippen molar-refractivity contribution in [3.05, 3.63) is 23.0 Å². The van der Waals surface area contributed by atoms with Gasteiger partial charge >= 0.3 is 0 Å². The maximum Gasteiger partial charge on any atom is 0.194 e. The lowest BCUT2D eigenvalue weighted by atomic mass is 10.2. The number of nitrogens with zero attached hydrogens (tertiary/aromatic N) is 4. The minimum absolute atomic E-state index is 0.543. The van der Waals surface area contributed by atoms with Crippen LogP contribution in [0.4, 0.5) is 0 Å². The number of guanidine groups is 1. The number of likely N-dealkylation sites (N-methyl/N-ethyl adjacent to an activating group) is 1. The van der Waals surface area contributed by atoms with E-state index >= 15 is 0 Å². The van der Waals surface area contributed by atoms with Gasteiger partial charge in [-0.3, -0.25) is 4.99 Å². The smallest absolute Gasteiger partial charge is 0.194 e. The van der Waals surface area contributed by atoms with Gasteiger partial charge in [-0.15, -0.1) is 0 Å². The Morgan fingerprint density at radius 2 is 2.13 bits per heavy atom. The summed E-state index contributed by atoms with van der Waals surface area (Å²) in [5.74, 6) is 1.77. The average molecular weight is 340 g/mol. The van der Waals surface area contributed by atoms with Gasteiger partial charge in [-0.1, -0.05) is 11.6 Å². The van der Waals surface area contributed by atoms with Crippen molar-refractivity contribution in [2.75, 3.05) is 34.2 Å². The normalized spacial score (nSPS) is 16.7. The third kappa shape index (κ3) is 5.15. The molecule has 1 aliphatic rings. The summed E-state index contributed by atoms with van der Waals surface area (Å²) in [5.41, 5.74) is 1.18. The highest BCUT2D eigenvalue weighted by Crippen LogP contribution is 2.34. The molecule has 1 aromatic heterocycles. The molecule has 0 bridgehead atoms. The molecule has 1 aromatic rings. The zero-order valence-electron chi connectivity index (χ0n) is 15.0. The minimum atomic E-state index is 0.543. The average Bonchev–Trinajstić information content (AvgIpc) is 3.24. The molecule has 1 saturated carbocycles. The molecule has 130 valence electrons. The van der Waals surface area contributed by atoms with Crippen LogP contribution >= 0.6 is 11.6 Å². The molecule has 1 heterocycles. The van der Waals surface area contributed by atoms with Gasteiger partial charge in [0, 0.05) is 38.6 Å². The summed E-state index contributed by atoms with van der Waals surface area (Å²) in [5, 5.41) is 4.17. The van der Waals surface area contributed by atoms with Gasteiger partial charge < -0.3 is 19.7 Å². The van der Waals surface area contributed by atoms with Gasteiger partial charge in [0.25, 0.3) is 0 Å². The highest BCUT2D eigenvalue weighted by molar-refractivity contribution is 6.30. The second-order valence-corrected chi connectivity index (χ2v) is 7.12. The zero-order chi connectivity index (χ0) is 17.0. The van der Waals surface area contributed by atoms with E-state index in [1.165, 1.54) is 18.5 Å². The minimum Gasteiger partial charge on any atom is -0.357 e. The highest BCUT2D eigenvalue weighted by atomic mass is 35.5. The molecule has 0 spiro atoms. The molecular formula is C17H30ClN5. The van der Waals surface area contributed by atoms with Gasteiger partial charge in [0.05, 0.1) is 18.1 Å². The summed E-state index contributed by atoms with van der Waals surface area (Å²) >= 11 is 6.08. The number of aryl methyl sites for hydroxylation is 1. The van der Waals surface area contributed by atoms with Crippen molar-refractivity contribution >= 4 is 17.6 Å². The maximum atomic E-state index is 6.08. The number of hydrogen-bond acceptors (Lipinski definition) is 2. The summed E-state index contributed by atoms with van der Waals surface area (Å²) in [6.07, 6.45) is 4.61. The Labute approximate surface area is 145 Å². The van der Waals surface area contributed by atoms with Gasteiger partial charge in [0.2, 0.25) is 0 Å². The fourth-order valence-corrected chi connectivity index (χ4v) is 3.18. The van der Waals surface area contributed by atoms with Crippen LogP contribution in [0.2, 0.25) is 5.02 Å². The fraction of sp³-hybridized carbons (Fsp3) is 0.706. The van der Waals surface area contributed by atoms with Crippen LogP contribution in [0.3, 0.4) is 0 Å². The molecular weight excluding hydrogens is 310 g/mol. The van der Waals surface area contributed by atoms with Gasteiger partial charge in [-0.2, -0.15) is 0 Å². The summed E-state index contributed by atoms with van der Waals surface area (Å²) < 4.78 is 2.06. The lowest BCUT2D eigenvalue weighted by Gasteiger charge is -2.25. The summed E-state index contributed by atoms with van der Waals surface area (Å²) in [4.78, 5) is 9.35. The van der Waals surface area contributed by atoms with Crippen LogP contribution < -0.4 is 5.32 Å². The molecule has 1 fully saturated rings. The van der Waals surface area contributed by atoms with Crippen LogP contribution in [0, 0.1) is 5.92 Å². The largest absolute Gasteiger partial charge is 0.357 e. The van der Waals surface area contributed by atoms with Gasteiger partial charge in [-0.25, -0.2) is 0 Å². The summed E-state index contributed by atoms with van der Waals surface area (Å²) in [7, 11) is 8.40. The van der Waals surface area contributed by atoms with E-state index in [4.69, 9.17) is 16.6 Å². The Morgan fingerprint density at radius 1 is 1.43 bits per heavy atom. The molecule has 1 aliphatic carbocycles. The summed E-state index contributed by atoms with van der Waals surface area (Å²) in [6.45, 7) is 4.60. The zero-order valence-corrected chi connectivity index (χ0v) is 15.8. The van der Waals surface area contributed by atoms with Crippen molar-refractivity contribution in [2.24, 2.45) is 18.0 Å². The first-order valence-electron chi connectivity index (χ1n) is 8.39. The van der Waals surface area contributed by atoms with E-state index in [0.29, 0.717) is 6.04 Å². The van der Waals surface area contributed by atoms with Crippen LogP contribution in [0.5, 0.6) is 0 Å². The Hall–Kier alpha value is -1.20. The molecule has 23 heavy (non-hydrogen) atoms. The molecule has 0 radical (unpaired) electrons. The second-order valence-electron chi connectivity index (χ2n) is 6.68. The first-order chi connectivity index (χ1) is 10.9. The quantitative estimate of drug-likeness (QED) is 0.612. The Balaban J connectivity index is 2.03. The second kappa shape index (κ2) is 8.06. The van der Waals surface area contributed by atoms with Crippen LogP contribution in [0.1, 0.15) is 25.5 Å². The van der Waals surface area contributed by atoms with E-state index in [-0.39, 0.29) is 0 Å². The van der Waals surface area contributed by atoms with Crippen molar-refractivity contribution in [3.8, 4) is 0 Å². The number of halogens is 1. The third-order valence-corrected chi connectivity index (χ3v) is 4.63. The van der Waals surface area contributed by atoms with Crippen molar-refractivity contribution in [1.29, 1.82) is 0 Å². The van der Waals surface area contributed by atoms with E-state index in [9.17, 15) is 0 Å². The van der Waals surface area contributed by atoms with Crippen LogP contribution in [-0.4, -0.2) is 60.6 Å². The Bertz CT molecular complexity index is 531. The molecule has 0 saturated heterocycles. The third-order valence-electron chi connectivity index (χ3n) is 4.43. The number of rotatable bonds is 7. The predicted molar refractivity (Wildman–Crippen MR) is 98.1 cm³/mol. The SMILES string of the molecule is CCNC(=NCC(C1CC1)N(C)C)N(C)Cc1cc(Cl)cn1C. The molecule has 0 aliphatic heterocycles. The number of hydrogen-bond donors (Lipinski definition) is 1. The maximum absolute atomic E-state index is 6.08. The molecule has 5 nitrogen and oxygen atoms in total. The Morgan fingerprint density at radius 3 is 2.61 bits per heavy atom. The highest BCUT2D eigenvalue weighted by Gasteiger charge is 2.32. The van der Waals surface area contributed by atoms with E-state index in [1.54, 1.807) is 0 Å². The van der Waals surface area contributed by atoms with Crippen LogP contribution in [0.15, 0.2) is 17.3 Å². The van der Waals surface area contributed by atoms with Gasteiger partial charge in [-0.05, 0) is 45.8 Å². The molecule has 1 atom stereocenters. The molecule has 1 unspecified atom stereocenters. The standard InChI is InChI=1S/C17H30ClN5/c1-6-19-17(20-10-16(21(2)3)13-7-8-13)23(5)12-15-9-14(18)11-22(15)4/h9,11,13,16H,6-8,10,12H2,1-5H3,(H,19,20). The lowest BCUT2D eigenvalue weighted by molar-refractivity contribution is 0.270. The van der Waals surface area contributed by atoms with Gasteiger partial charge in [0.15, 0.2) is 5.96 Å². The molecule has 0 amide bonds. The predicted octanol–water partition coefficient (Wildman–Crippen LogP) is 2.42. The topological polar surface area (TPSA) is 35.8 Å². The van der Waals surface area contributed by atoms with Crippen LogP contribution in [0.25, 0.3) is 0 Å². The molecule has 6 heteroatoms. The Kier molecular flexibility index (Phi) is 6.36. The number of aromatic nitrogens is 1. The van der Waals surface area contributed by atoms with Crippen molar-refractivity contribution < 1.29 is 0 Å². The first kappa shape index (κ1) is 18.1. The van der Waals surface area contributed by atoms with Crippen LogP contribution in [-0.2, 0) is 13.6 Å². The molecule has 1 N–H and O–H groups in total. The lowest BCUT2D eigenvalue weighted by Crippen LogP contribution is -2.40. The summed E-state index contributed by atoms with van der Waals surface area (Å²) in [6, 6.07) is 2.55. The van der Waals surface area contributed by atoms with Crippen molar-refractivity contribution in [2.45, 2.75) is 32.4 Å². The van der Waals surface area contributed by atoms with E-state index in [2.05, 4.69) is 47.8 Å². The number of nitrogens with one attached hydrogen (secondary N) is 1. The first-order valence-corrected chi connectivity index (χ1v) is 8.76.